The Morgan fingerprint density at radius 2 is 2.42 bits per heavy atom. The molecule has 104 valence electrons. The molecule has 2 unspecified atom stereocenters. The number of hydrogen-bond acceptors (Lipinski definition) is 3. The van der Waals surface area contributed by atoms with E-state index in [0.29, 0.717) is 23.0 Å². The number of aryl methyl sites for hydroxylation is 1. The Morgan fingerprint density at radius 3 is 3.11 bits per heavy atom. The highest BCUT2D eigenvalue weighted by atomic mass is 35.5. The number of nitrogens with zero attached hydrogens (tertiary/aromatic N) is 1. The summed E-state index contributed by atoms with van der Waals surface area (Å²) in [5.74, 6) is 0.227. The molecule has 5 heteroatoms. The second kappa shape index (κ2) is 6.35. The number of pyridine rings is 1. The summed E-state index contributed by atoms with van der Waals surface area (Å²) >= 11 is 6.05. The first kappa shape index (κ1) is 14.3. The summed E-state index contributed by atoms with van der Waals surface area (Å²) in [5, 5.41) is 3.37. The van der Waals surface area contributed by atoms with Crippen molar-refractivity contribution in [2.24, 2.45) is 5.92 Å². The van der Waals surface area contributed by atoms with Gasteiger partial charge in [0, 0.05) is 31.0 Å². The first-order valence-electron chi connectivity index (χ1n) is 6.63. The zero-order valence-electron chi connectivity index (χ0n) is 11.3. The minimum atomic E-state index is -0.167. The Kier molecular flexibility index (Phi) is 4.77. The summed E-state index contributed by atoms with van der Waals surface area (Å²) < 4.78 is 5.60. The maximum atomic E-state index is 12.1. The number of hydrogen-bond donors (Lipinski definition) is 1. The molecule has 2 rings (SSSR count). The number of rotatable bonds is 4. The number of aromatic nitrogens is 1. The lowest BCUT2D eigenvalue weighted by Crippen LogP contribution is -2.32. The summed E-state index contributed by atoms with van der Waals surface area (Å²) in [7, 11) is 0. The van der Waals surface area contributed by atoms with Crippen LogP contribution in [-0.2, 0) is 4.74 Å². The molecule has 1 aliphatic rings. The maximum Gasteiger partial charge on any atom is 0.254 e. The highest BCUT2D eigenvalue weighted by Crippen LogP contribution is 2.23. The lowest BCUT2D eigenvalue weighted by molar-refractivity contribution is 0.0827. The normalized spacial score (nSPS) is 22.5. The topological polar surface area (TPSA) is 51.2 Å². The fraction of sp³-hybridized carbons (Fsp3) is 0.571. The van der Waals surface area contributed by atoms with E-state index in [2.05, 4.69) is 17.2 Å². The van der Waals surface area contributed by atoms with E-state index in [1.54, 1.807) is 6.07 Å². The van der Waals surface area contributed by atoms with E-state index in [0.717, 1.165) is 25.1 Å². The molecule has 1 aliphatic heterocycles. The van der Waals surface area contributed by atoms with Crippen LogP contribution in [0.5, 0.6) is 0 Å². The second-order valence-corrected chi connectivity index (χ2v) is 5.29. The quantitative estimate of drug-likeness (QED) is 0.923. The van der Waals surface area contributed by atoms with Crippen molar-refractivity contribution in [3.05, 3.63) is 28.5 Å². The van der Waals surface area contributed by atoms with Crippen LogP contribution in [0.1, 0.15) is 35.8 Å². The number of amides is 1. The van der Waals surface area contributed by atoms with Crippen molar-refractivity contribution < 1.29 is 9.53 Å². The van der Waals surface area contributed by atoms with Gasteiger partial charge in [0.15, 0.2) is 0 Å². The third-order valence-corrected chi connectivity index (χ3v) is 3.82. The Hall–Kier alpha value is -1.13. The van der Waals surface area contributed by atoms with Crippen molar-refractivity contribution in [2.75, 3.05) is 13.2 Å². The van der Waals surface area contributed by atoms with E-state index in [-0.39, 0.29) is 12.0 Å². The molecule has 0 aliphatic carbocycles. The fourth-order valence-electron chi connectivity index (χ4n) is 2.39. The molecule has 0 aromatic carbocycles. The fourth-order valence-corrected chi connectivity index (χ4v) is 2.68. The maximum absolute atomic E-state index is 12.1. The molecule has 0 bridgehead atoms. The Labute approximate surface area is 118 Å². The van der Waals surface area contributed by atoms with Crippen LogP contribution in [0.4, 0.5) is 0 Å². The minimum absolute atomic E-state index is 0.167. The van der Waals surface area contributed by atoms with E-state index >= 15 is 0 Å². The smallest absolute Gasteiger partial charge is 0.254 e. The van der Waals surface area contributed by atoms with Crippen LogP contribution >= 0.6 is 11.6 Å². The van der Waals surface area contributed by atoms with Crippen LogP contribution in [0.15, 0.2) is 12.3 Å². The number of ether oxygens (including phenoxy) is 1. The van der Waals surface area contributed by atoms with Gasteiger partial charge in [0.1, 0.15) is 0 Å². The first-order chi connectivity index (χ1) is 9.11. The van der Waals surface area contributed by atoms with Gasteiger partial charge in [0.05, 0.1) is 16.7 Å². The number of carbonyl (C=O) groups excluding carboxylic acids is 1. The third-order valence-electron chi connectivity index (χ3n) is 3.51. The standard InChI is InChI=1S/C14H19ClN2O2/c1-3-13-10(4-5-19-13)7-17-14(18)11-8-16-9(2)6-12(11)15/h6,8,10,13H,3-5,7H2,1-2H3,(H,17,18). The van der Waals surface area contributed by atoms with Crippen LogP contribution in [0.25, 0.3) is 0 Å². The average molecular weight is 283 g/mol. The van der Waals surface area contributed by atoms with Crippen LogP contribution < -0.4 is 5.32 Å². The van der Waals surface area contributed by atoms with E-state index in [1.165, 1.54) is 6.20 Å². The molecule has 0 saturated carbocycles. The molecule has 4 nitrogen and oxygen atoms in total. The molecule has 0 spiro atoms. The van der Waals surface area contributed by atoms with Crippen LogP contribution in [0.3, 0.4) is 0 Å². The predicted octanol–water partition coefficient (Wildman–Crippen LogP) is 2.59. The molecule has 2 atom stereocenters. The van der Waals surface area contributed by atoms with Crippen molar-refractivity contribution in [1.82, 2.24) is 10.3 Å². The van der Waals surface area contributed by atoms with Crippen LogP contribution in [0.2, 0.25) is 5.02 Å². The molecule has 0 radical (unpaired) electrons. The summed E-state index contributed by atoms with van der Waals surface area (Å²) in [6, 6.07) is 1.70. The van der Waals surface area contributed by atoms with Crippen molar-refractivity contribution in [1.29, 1.82) is 0 Å². The van der Waals surface area contributed by atoms with Crippen molar-refractivity contribution in [3.63, 3.8) is 0 Å². The van der Waals surface area contributed by atoms with Gasteiger partial charge in [-0.1, -0.05) is 18.5 Å². The highest BCUT2D eigenvalue weighted by molar-refractivity contribution is 6.33. The van der Waals surface area contributed by atoms with Gasteiger partial charge in [-0.05, 0) is 25.8 Å². The van der Waals surface area contributed by atoms with E-state index < -0.39 is 0 Å². The molecule has 1 aromatic heterocycles. The van der Waals surface area contributed by atoms with Gasteiger partial charge in [0.2, 0.25) is 0 Å². The molecular weight excluding hydrogens is 264 g/mol. The molecule has 1 aromatic rings. The lowest BCUT2D eigenvalue weighted by Gasteiger charge is -2.17. The van der Waals surface area contributed by atoms with Crippen LogP contribution in [0, 0.1) is 12.8 Å². The van der Waals surface area contributed by atoms with Gasteiger partial charge in [-0.3, -0.25) is 9.78 Å². The van der Waals surface area contributed by atoms with Crippen molar-refractivity contribution >= 4 is 17.5 Å². The number of nitrogens with one attached hydrogen (secondary N) is 1. The molecule has 1 fully saturated rings. The minimum Gasteiger partial charge on any atom is -0.378 e. The predicted molar refractivity (Wildman–Crippen MR) is 74.5 cm³/mol. The Morgan fingerprint density at radius 1 is 1.63 bits per heavy atom. The molecular formula is C14H19ClN2O2. The second-order valence-electron chi connectivity index (χ2n) is 4.88. The van der Waals surface area contributed by atoms with Gasteiger partial charge in [-0.2, -0.15) is 0 Å². The molecule has 1 amide bonds. The molecule has 1 N–H and O–H groups in total. The van der Waals surface area contributed by atoms with E-state index in [1.807, 2.05) is 6.92 Å². The lowest BCUT2D eigenvalue weighted by atomic mass is 9.99. The van der Waals surface area contributed by atoms with E-state index in [4.69, 9.17) is 16.3 Å². The average Bonchev–Trinajstić information content (AvgIpc) is 2.83. The van der Waals surface area contributed by atoms with Gasteiger partial charge in [-0.25, -0.2) is 0 Å². The first-order valence-corrected chi connectivity index (χ1v) is 7.01. The van der Waals surface area contributed by atoms with E-state index in [9.17, 15) is 4.79 Å². The van der Waals surface area contributed by atoms with Crippen LogP contribution in [-0.4, -0.2) is 30.1 Å². The third kappa shape index (κ3) is 3.45. The summed E-state index contributed by atoms with van der Waals surface area (Å²) in [6.07, 6.45) is 3.76. The summed E-state index contributed by atoms with van der Waals surface area (Å²) in [4.78, 5) is 16.2. The monoisotopic (exact) mass is 282 g/mol. The molecule has 19 heavy (non-hydrogen) atoms. The molecule has 2 heterocycles. The number of carbonyl (C=O) groups is 1. The summed E-state index contributed by atoms with van der Waals surface area (Å²) in [5.41, 5.74) is 1.23. The van der Waals surface area contributed by atoms with Gasteiger partial charge >= 0.3 is 0 Å². The summed E-state index contributed by atoms with van der Waals surface area (Å²) in [6.45, 7) is 5.36. The van der Waals surface area contributed by atoms with Gasteiger partial charge in [-0.15, -0.1) is 0 Å². The Balaban J connectivity index is 1.94. The van der Waals surface area contributed by atoms with Crippen molar-refractivity contribution in [2.45, 2.75) is 32.8 Å². The van der Waals surface area contributed by atoms with Gasteiger partial charge < -0.3 is 10.1 Å². The highest BCUT2D eigenvalue weighted by Gasteiger charge is 2.27. The largest absolute Gasteiger partial charge is 0.378 e. The SMILES string of the molecule is CCC1OCCC1CNC(=O)c1cnc(C)cc1Cl. The zero-order chi connectivity index (χ0) is 13.8. The zero-order valence-corrected chi connectivity index (χ0v) is 12.0. The van der Waals surface area contributed by atoms with Gasteiger partial charge in [0.25, 0.3) is 5.91 Å². The Bertz CT molecular complexity index is 465. The molecule has 1 saturated heterocycles. The number of halogens is 1. The van der Waals surface area contributed by atoms with Crippen molar-refractivity contribution in [3.8, 4) is 0 Å².